The maximum Gasteiger partial charge on any atom is 0.270 e. The lowest BCUT2D eigenvalue weighted by atomic mass is 9.87. The maximum absolute atomic E-state index is 12.6. The van der Waals surface area contributed by atoms with E-state index in [0.29, 0.717) is 11.4 Å². The highest BCUT2D eigenvalue weighted by atomic mass is 16.6. The number of hydrogen-bond donors (Lipinski definition) is 0. The van der Waals surface area contributed by atoms with Crippen LogP contribution in [0.3, 0.4) is 0 Å². The molecule has 0 N–H and O–H groups in total. The minimum atomic E-state index is -0.556. The van der Waals surface area contributed by atoms with Crippen LogP contribution in [0.2, 0.25) is 0 Å². The maximum atomic E-state index is 12.6. The second kappa shape index (κ2) is 7.23. The quantitative estimate of drug-likeness (QED) is 0.617. The molecule has 0 aliphatic heterocycles. The number of nitrogens with zero attached hydrogens (tertiary/aromatic N) is 4. The third kappa shape index (κ3) is 3.58. The first kappa shape index (κ1) is 18.0. The van der Waals surface area contributed by atoms with Gasteiger partial charge in [0.05, 0.1) is 22.2 Å². The Bertz CT molecular complexity index is 900. The number of carbonyl (C=O) groups is 1. The molecule has 8 heteroatoms. The lowest BCUT2D eigenvalue weighted by molar-refractivity contribution is -0.384. The smallest absolute Gasteiger partial charge is 0.270 e. The summed E-state index contributed by atoms with van der Waals surface area (Å²) >= 11 is 0. The number of likely N-dealkylation sites (N-methyl/N-ethyl adjacent to an activating group) is 1. The van der Waals surface area contributed by atoms with Gasteiger partial charge in [-0.25, -0.2) is 4.98 Å². The highest BCUT2D eigenvalue weighted by Gasteiger charge is 2.25. The van der Waals surface area contributed by atoms with Crippen molar-refractivity contribution in [3.8, 4) is 0 Å². The van der Waals surface area contributed by atoms with Crippen molar-refractivity contribution in [1.29, 1.82) is 0 Å². The van der Waals surface area contributed by atoms with E-state index in [0.717, 1.165) is 25.7 Å². The van der Waals surface area contributed by atoms with Crippen molar-refractivity contribution in [3.05, 3.63) is 45.0 Å². The Morgan fingerprint density at radius 1 is 1.35 bits per heavy atom. The van der Waals surface area contributed by atoms with Gasteiger partial charge in [0.1, 0.15) is 6.54 Å². The van der Waals surface area contributed by atoms with E-state index in [-0.39, 0.29) is 29.6 Å². The summed E-state index contributed by atoms with van der Waals surface area (Å²) in [5.41, 5.74) is -0.245. The molecule has 1 saturated carbocycles. The molecule has 26 heavy (non-hydrogen) atoms. The van der Waals surface area contributed by atoms with Crippen molar-refractivity contribution < 1.29 is 9.72 Å². The van der Waals surface area contributed by atoms with E-state index in [9.17, 15) is 19.7 Å². The molecule has 0 bridgehead atoms. The van der Waals surface area contributed by atoms with Gasteiger partial charge in [-0.1, -0.05) is 6.92 Å². The zero-order chi connectivity index (χ0) is 18.8. The van der Waals surface area contributed by atoms with Crippen molar-refractivity contribution >= 4 is 22.5 Å². The molecule has 1 aromatic heterocycles. The zero-order valence-corrected chi connectivity index (χ0v) is 14.9. The fourth-order valence-electron chi connectivity index (χ4n) is 3.46. The first-order valence-electron chi connectivity index (χ1n) is 8.76. The summed E-state index contributed by atoms with van der Waals surface area (Å²) in [7, 11) is 1.77. The summed E-state index contributed by atoms with van der Waals surface area (Å²) in [5, 5.41) is 11.1. The molecule has 1 fully saturated rings. The molecule has 0 unspecified atom stereocenters. The fraction of sp³-hybridized carbons (Fsp3) is 0.500. The Labute approximate surface area is 150 Å². The Morgan fingerprint density at radius 3 is 2.69 bits per heavy atom. The van der Waals surface area contributed by atoms with Crippen LogP contribution in [-0.2, 0) is 11.3 Å². The fourth-order valence-corrected chi connectivity index (χ4v) is 3.46. The molecular formula is C18H22N4O4. The molecule has 8 nitrogen and oxygen atoms in total. The molecule has 138 valence electrons. The molecule has 0 saturated heterocycles. The number of nitro groups is 1. The van der Waals surface area contributed by atoms with Crippen LogP contribution in [0.15, 0.2) is 29.3 Å². The van der Waals surface area contributed by atoms with E-state index in [1.54, 1.807) is 11.9 Å². The number of non-ortho nitro benzene ring substituents is 1. The summed E-state index contributed by atoms with van der Waals surface area (Å²) in [6.45, 7) is 2.10. The molecule has 1 aliphatic rings. The lowest BCUT2D eigenvalue weighted by Gasteiger charge is -2.33. The van der Waals surface area contributed by atoms with Crippen LogP contribution in [0.25, 0.3) is 10.9 Å². The van der Waals surface area contributed by atoms with Gasteiger partial charge in [-0.2, -0.15) is 0 Å². The molecular weight excluding hydrogens is 336 g/mol. The van der Waals surface area contributed by atoms with E-state index < -0.39 is 10.5 Å². The Morgan fingerprint density at radius 2 is 2.04 bits per heavy atom. The van der Waals surface area contributed by atoms with Crippen LogP contribution in [-0.4, -0.2) is 38.4 Å². The van der Waals surface area contributed by atoms with Gasteiger partial charge in [-0.05, 0) is 37.7 Å². The van der Waals surface area contributed by atoms with E-state index in [1.165, 1.54) is 29.1 Å². The Balaban J connectivity index is 1.81. The summed E-state index contributed by atoms with van der Waals surface area (Å²) in [5.74, 6) is 0.538. The predicted molar refractivity (Wildman–Crippen MR) is 96.8 cm³/mol. The third-order valence-corrected chi connectivity index (χ3v) is 5.25. The van der Waals surface area contributed by atoms with Gasteiger partial charge in [0.15, 0.2) is 0 Å². The number of amides is 1. The third-order valence-electron chi connectivity index (χ3n) is 5.25. The predicted octanol–water partition coefficient (Wildman–Crippen LogP) is 2.34. The minimum absolute atomic E-state index is 0.118. The first-order chi connectivity index (χ1) is 12.4. The first-order valence-corrected chi connectivity index (χ1v) is 8.76. The van der Waals surface area contributed by atoms with Crippen LogP contribution in [0.1, 0.15) is 32.6 Å². The monoisotopic (exact) mass is 358 g/mol. The molecule has 0 radical (unpaired) electrons. The van der Waals surface area contributed by atoms with Gasteiger partial charge < -0.3 is 4.90 Å². The Kier molecular flexibility index (Phi) is 5.01. The number of aromatic nitrogens is 2. The van der Waals surface area contributed by atoms with Gasteiger partial charge >= 0.3 is 0 Å². The second-order valence-electron chi connectivity index (χ2n) is 7.05. The standard InChI is InChI=1S/C18H22N4O4/c1-12-3-5-13(6-4-12)20(2)17(23)10-21-11-19-16-8-7-14(22(25)26)9-15(16)18(21)24/h7-9,11-13H,3-6,10H2,1-2H3. The molecule has 2 aromatic rings. The second-order valence-corrected chi connectivity index (χ2v) is 7.05. The van der Waals surface area contributed by atoms with Gasteiger partial charge in [0, 0.05) is 25.2 Å². The molecule has 0 atom stereocenters. The summed E-state index contributed by atoms with van der Waals surface area (Å²) in [4.78, 5) is 41.4. The lowest BCUT2D eigenvalue weighted by Crippen LogP contribution is -2.42. The largest absolute Gasteiger partial charge is 0.341 e. The number of carbonyl (C=O) groups excluding carboxylic acids is 1. The number of rotatable bonds is 4. The normalized spacial score (nSPS) is 20.1. The number of hydrogen-bond acceptors (Lipinski definition) is 5. The van der Waals surface area contributed by atoms with E-state index in [2.05, 4.69) is 11.9 Å². The number of nitro benzene ring substituents is 1. The van der Waals surface area contributed by atoms with Gasteiger partial charge in [0.2, 0.25) is 5.91 Å². The van der Waals surface area contributed by atoms with E-state index in [1.807, 2.05) is 0 Å². The van der Waals surface area contributed by atoms with Crippen LogP contribution in [0, 0.1) is 16.0 Å². The van der Waals surface area contributed by atoms with Crippen molar-refractivity contribution in [2.75, 3.05) is 7.05 Å². The van der Waals surface area contributed by atoms with Crippen molar-refractivity contribution in [3.63, 3.8) is 0 Å². The number of benzene rings is 1. The topological polar surface area (TPSA) is 98.3 Å². The van der Waals surface area contributed by atoms with E-state index in [4.69, 9.17) is 0 Å². The van der Waals surface area contributed by atoms with Gasteiger partial charge in [0.25, 0.3) is 11.2 Å². The molecule has 1 aromatic carbocycles. The molecule has 1 aliphatic carbocycles. The zero-order valence-electron chi connectivity index (χ0n) is 14.9. The van der Waals surface area contributed by atoms with Crippen molar-refractivity contribution in [1.82, 2.24) is 14.5 Å². The highest BCUT2D eigenvalue weighted by molar-refractivity contribution is 5.81. The minimum Gasteiger partial charge on any atom is -0.341 e. The van der Waals surface area contributed by atoms with Crippen LogP contribution < -0.4 is 5.56 Å². The molecule has 1 heterocycles. The number of fused-ring (bicyclic) bond motifs is 1. The highest BCUT2D eigenvalue weighted by Crippen LogP contribution is 2.26. The average Bonchev–Trinajstić information content (AvgIpc) is 2.63. The summed E-state index contributed by atoms with van der Waals surface area (Å²) < 4.78 is 1.22. The van der Waals surface area contributed by atoms with E-state index >= 15 is 0 Å². The molecule has 1 amide bonds. The molecule has 3 rings (SSSR count). The van der Waals surface area contributed by atoms with Gasteiger partial charge in [-0.3, -0.25) is 24.3 Å². The summed E-state index contributed by atoms with van der Waals surface area (Å²) in [6.07, 6.45) is 5.47. The van der Waals surface area contributed by atoms with Crippen molar-refractivity contribution in [2.24, 2.45) is 5.92 Å². The molecule has 0 spiro atoms. The summed E-state index contributed by atoms with van der Waals surface area (Å²) in [6, 6.07) is 4.15. The van der Waals surface area contributed by atoms with Crippen LogP contribution in [0.4, 0.5) is 5.69 Å². The Hall–Kier alpha value is -2.77. The SMILES string of the molecule is CC1CCC(N(C)C(=O)Cn2cnc3ccc([N+](=O)[O-])cc3c2=O)CC1. The van der Waals surface area contributed by atoms with Gasteiger partial charge in [-0.15, -0.1) is 0 Å². The van der Waals surface area contributed by atoms with Crippen LogP contribution in [0.5, 0.6) is 0 Å². The van der Waals surface area contributed by atoms with Crippen LogP contribution >= 0.6 is 0 Å². The van der Waals surface area contributed by atoms with Crippen molar-refractivity contribution in [2.45, 2.75) is 45.2 Å². The average molecular weight is 358 g/mol.